The fraction of sp³-hybridized carbons (Fsp3) is 0.423. The van der Waals surface area contributed by atoms with E-state index in [0.29, 0.717) is 0 Å². The second-order valence-corrected chi connectivity index (χ2v) is 10.1. The number of rotatable bonds is 4. The predicted octanol–water partition coefficient (Wildman–Crippen LogP) is -2.34. The number of benzene rings is 2. The molecule has 16 nitrogen and oxygen atoms in total. The third-order valence-corrected chi connectivity index (χ3v) is 7.51. The van der Waals surface area contributed by atoms with Gasteiger partial charge in [0.15, 0.2) is 28.3 Å². The lowest BCUT2D eigenvalue weighted by molar-refractivity contribution is -0.231. The highest BCUT2D eigenvalue weighted by Gasteiger charge is 2.48. The van der Waals surface area contributed by atoms with E-state index in [1.165, 1.54) is 0 Å². The highest BCUT2D eigenvalue weighted by atomic mass is 16.5. The summed E-state index contributed by atoms with van der Waals surface area (Å²) in [6.07, 6.45) is -16.3. The third-order valence-electron chi connectivity index (χ3n) is 7.51. The topological polar surface area (TPSA) is 291 Å². The lowest BCUT2D eigenvalue weighted by Gasteiger charge is -2.41. The van der Waals surface area contributed by atoms with Gasteiger partial charge < -0.3 is 75.2 Å². The van der Waals surface area contributed by atoms with E-state index in [1.54, 1.807) is 0 Å². The van der Waals surface area contributed by atoms with Crippen molar-refractivity contribution >= 4 is 11.0 Å². The quantitative estimate of drug-likeness (QED) is 0.140. The van der Waals surface area contributed by atoms with Gasteiger partial charge in [0, 0.05) is 11.6 Å². The molecule has 42 heavy (non-hydrogen) atoms. The van der Waals surface area contributed by atoms with Crippen LogP contribution in [-0.4, -0.2) is 117 Å². The van der Waals surface area contributed by atoms with E-state index >= 15 is 0 Å². The Balaban J connectivity index is 1.83. The normalized spacial score (nSPS) is 31.8. The van der Waals surface area contributed by atoms with Crippen LogP contribution in [0.15, 0.2) is 27.4 Å². The predicted molar refractivity (Wildman–Crippen MR) is 136 cm³/mol. The van der Waals surface area contributed by atoms with Crippen LogP contribution < -0.4 is 5.43 Å². The van der Waals surface area contributed by atoms with E-state index in [4.69, 9.17) is 13.9 Å². The van der Waals surface area contributed by atoms with Gasteiger partial charge in [-0.05, 0) is 12.1 Å². The zero-order valence-corrected chi connectivity index (χ0v) is 21.3. The maximum atomic E-state index is 13.4. The van der Waals surface area contributed by atoms with Gasteiger partial charge in [-0.2, -0.15) is 0 Å². The summed E-state index contributed by atoms with van der Waals surface area (Å²) in [6, 6.07) is 2.64. The molecule has 2 aliphatic heterocycles. The number of fused-ring (bicyclic) bond motifs is 1. The summed E-state index contributed by atoms with van der Waals surface area (Å²) >= 11 is 0. The number of phenolic OH excluding ortho intramolecular Hbond substituents is 5. The van der Waals surface area contributed by atoms with E-state index in [2.05, 4.69) is 0 Å². The average molecular weight is 596 g/mol. The fourth-order valence-electron chi connectivity index (χ4n) is 5.23. The van der Waals surface area contributed by atoms with Crippen molar-refractivity contribution in [2.45, 2.75) is 54.9 Å². The van der Waals surface area contributed by atoms with Crippen LogP contribution in [0.4, 0.5) is 0 Å². The first-order valence-electron chi connectivity index (χ1n) is 12.6. The van der Waals surface area contributed by atoms with Crippen molar-refractivity contribution in [3.8, 4) is 40.1 Å². The minimum Gasteiger partial charge on any atom is -0.507 e. The summed E-state index contributed by atoms with van der Waals surface area (Å²) in [6.45, 7) is -1.45. The van der Waals surface area contributed by atoms with Crippen LogP contribution in [0.5, 0.6) is 28.7 Å². The highest BCUT2D eigenvalue weighted by Crippen LogP contribution is 2.50. The van der Waals surface area contributed by atoms with Crippen molar-refractivity contribution in [3.63, 3.8) is 0 Å². The Morgan fingerprint density at radius 2 is 1.33 bits per heavy atom. The highest BCUT2D eigenvalue weighted by molar-refractivity contribution is 5.92. The fourth-order valence-corrected chi connectivity index (χ4v) is 5.23. The van der Waals surface area contributed by atoms with E-state index in [-0.39, 0.29) is 5.56 Å². The molecule has 2 fully saturated rings. The summed E-state index contributed by atoms with van der Waals surface area (Å²) in [5, 5.41) is 124. The van der Waals surface area contributed by atoms with Crippen molar-refractivity contribution in [2.75, 3.05) is 13.2 Å². The molecule has 2 saturated heterocycles. The van der Waals surface area contributed by atoms with Gasteiger partial charge in [0.2, 0.25) is 0 Å². The number of hydrogen-bond donors (Lipinski definition) is 12. The zero-order valence-electron chi connectivity index (χ0n) is 21.3. The van der Waals surface area contributed by atoms with E-state index in [9.17, 15) is 66.1 Å². The number of phenols is 5. The SMILES string of the molecule is O=c1cc(-c2cc(O)c(O)c(O)c2)oc2c(C3OC(CO)C(O)C(O)C3O)c(O)c(C3OCC(O)C(O)C3O)c(O)c12. The lowest BCUT2D eigenvalue weighted by atomic mass is 9.85. The molecule has 0 amide bonds. The molecular formula is C26H28O16. The molecule has 0 bridgehead atoms. The van der Waals surface area contributed by atoms with Crippen molar-refractivity contribution in [1.29, 1.82) is 0 Å². The number of hydrogen-bond acceptors (Lipinski definition) is 16. The minimum atomic E-state index is -2.05. The largest absolute Gasteiger partial charge is 0.507 e. The molecule has 3 aromatic rings. The summed E-state index contributed by atoms with van der Waals surface area (Å²) < 4.78 is 16.7. The van der Waals surface area contributed by atoms with Gasteiger partial charge in [-0.15, -0.1) is 0 Å². The number of aliphatic hydroxyl groups excluding tert-OH is 7. The van der Waals surface area contributed by atoms with Gasteiger partial charge in [-0.3, -0.25) is 4.79 Å². The molecule has 0 saturated carbocycles. The maximum Gasteiger partial charge on any atom is 0.200 e. The van der Waals surface area contributed by atoms with E-state index < -0.39 is 130 Å². The van der Waals surface area contributed by atoms with Crippen LogP contribution in [-0.2, 0) is 9.47 Å². The van der Waals surface area contributed by atoms with Gasteiger partial charge in [-0.25, -0.2) is 0 Å². The Morgan fingerprint density at radius 3 is 1.95 bits per heavy atom. The summed E-state index contributed by atoms with van der Waals surface area (Å²) in [5.74, 6) is -4.89. The van der Waals surface area contributed by atoms with Gasteiger partial charge >= 0.3 is 0 Å². The van der Waals surface area contributed by atoms with Gasteiger partial charge in [0.1, 0.15) is 77.6 Å². The van der Waals surface area contributed by atoms with Crippen molar-refractivity contribution < 1.29 is 75.2 Å². The number of aromatic hydroxyl groups is 5. The van der Waals surface area contributed by atoms with Gasteiger partial charge in [0.25, 0.3) is 0 Å². The van der Waals surface area contributed by atoms with Gasteiger partial charge in [0.05, 0.1) is 24.3 Å². The molecule has 2 aromatic carbocycles. The smallest absolute Gasteiger partial charge is 0.200 e. The Hall–Kier alpha value is -3.71. The van der Waals surface area contributed by atoms with Crippen LogP contribution in [0.25, 0.3) is 22.3 Å². The van der Waals surface area contributed by atoms with Crippen molar-refractivity contribution in [3.05, 3.63) is 39.5 Å². The molecule has 9 atom stereocenters. The first-order chi connectivity index (χ1) is 19.8. The Bertz CT molecular complexity index is 1540. The molecule has 9 unspecified atom stereocenters. The van der Waals surface area contributed by atoms with Gasteiger partial charge in [-0.1, -0.05) is 0 Å². The van der Waals surface area contributed by atoms with Crippen LogP contribution in [0.1, 0.15) is 23.3 Å². The van der Waals surface area contributed by atoms with Crippen LogP contribution in [0, 0.1) is 0 Å². The molecule has 1 aromatic heterocycles. The molecule has 2 aliphatic rings. The van der Waals surface area contributed by atoms with Crippen LogP contribution in [0.2, 0.25) is 0 Å². The third kappa shape index (κ3) is 4.58. The maximum absolute atomic E-state index is 13.4. The molecule has 0 aliphatic carbocycles. The van der Waals surface area contributed by atoms with E-state index in [1.807, 2.05) is 0 Å². The molecule has 0 spiro atoms. The van der Waals surface area contributed by atoms with Crippen molar-refractivity contribution in [1.82, 2.24) is 0 Å². The molecule has 228 valence electrons. The monoisotopic (exact) mass is 596 g/mol. The molecular weight excluding hydrogens is 568 g/mol. The standard InChI is InChI=1S/C26H28O16/c27-4-12-18(34)21(37)23(39)26(42-12)15-20(36)14(25-22(38)17(33)10(31)5-40-25)19(35)13-7(28)3-11(41-24(13)15)6-1-8(29)16(32)9(30)2-6/h1-3,10,12,17-18,21-23,25-27,29-39H,4-5H2. The Labute approximate surface area is 234 Å². The molecule has 16 heteroatoms. The number of aliphatic hydroxyl groups is 7. The van der Waals surface area contributed by atoms with E-state index in [0.717, 1.165) is 18.2 Å². The van der Waals surface area contributed by atoms with Crippen LogP contribution >= 0.6 is 0 Å². The Kier molecular flexibility index (Phi) is 7.69. The molecule has 3 heterocycles. The first kappa shape index (κ1) is 29.8. The second-order valence-electron chi connectivity index (χ2n) is 10.1. The number of ether oxygens (including phenoxy) is 2. The molecule has 0 radical (unpaired) electrons. The van der Waals surface area contributed by atoms with Crippen molar-refractivity contribution in [2.24, 2.45) is 0 Å². The minimum absolute atomic E-state index is 0.173. The summed E-state index contributed by atoms with van der Waals surface area (Å²) in [5.41, 5.74) is -3.18. The van der Waals surface area contributed by atoms with Crippen LogP contribution in [0.3, 0.4) is 0 Å². The molecule has 12 N–H and O–H groups in total. The Morgan fingerprint density at radius 1 is 0.714 bits per heavy atom. The summed E-state index contributed by atoms with van der Waals surface area (Å²) in [7, 11) is 0. The second kappa shape index (κ2) is 10.8. The average Bonchev–Trinajstić information content (AvgIpc) is 2.95. The first-order valence-corrected chi connectivity index (χ1v) is 12.6. The molecule has 5 rings (SSSR count). The zero-order chi connectivity index (χ0) is 30.8. The summed E-state index contributed by atoms with van der Waals surface area (Å²) in [4.78, 5) is 13.4. The lowest BCUT2D eigenvalue weighted by Crippen LogP contribution is -2.55.